The maximum atomic E-state index is 11.5. The minimum atomic E-state index is 0.0662. The van der Waals surface area contributed by atoms with E-state index in [4.69, 9.17) is 5.26 Å². The Bertz CT molecular complexity index is 220. The van der Waals surface area contributed by atoms with E-state index in [0.717, 1.165) is 0 Å². The van der Waals surface area contributed by atoms with Crippen molar-refractivity contribution in [2.45, 2.75) is 26.3 Å². The average Bonchev–Trinajstić information content (AvgIpc) is 2.13. The predicted molar refractivity (Wildman–Crippen MR) is 55.6 cm³/mol. The van der Waals surface area contributed by atoms with Crippen LogP contribution in [-0.4, -0.2) is 48.9 Å². The molecule has 0 fully saturated rings. The molecule has 0 aliphatic rings. The lowest BCUT2D eigenvalue weighted by atomic mass is 10.3. The Morgan fingerprint density at radius 3 is 2.43 bits per heavy atom. The Hall–Kier alpha value is -1.08. The van der Waals surface area contributed by atoms with Crippen LogP contribution in [0.4, 0.5) is 0 Å². The Labute approximate surface area is 86.1 Å². The van der Waals surface area contributed by atoms with Crippen molar-refractivity contribution in [1.82, 2.24) is 9.80 Å². The van der Waals surface area contributed by atoms with Crippen molar-refractivity contribution < 1.29 is 4.79 Å². The van der Waals surface area contributed by atoms with Crippen LogP contribution in [0.3, 0.4) is 0 Å². The van der Waals surface area contributed by atoms with Gasteiger partial charge in [0.2, 0.25) is 5.91 Å². The molecule has 0 spiro atoms. The predicted octanol–water partition coefficient (Wildman–Crippen LogP) is 0.699. The van der Waals surface area contributed by atoms with Gasteiger partial charge in [0.15, 0.2) is 0 Å². The summed E-state index contributed by atoms with van der Waals surface area (Å²) in [5.74, 6) is 0.0662. The first-order chi connectivity index (χ1) is 6.49. The highest BCUT2D eigenvalue weighted by molar-refractivity contribution is 5.77. The minimum Gasteiger partial charge on any atom is -0.344 e. The van der Waals surface area contributed by atoms with Crippen molar-refractivity contribution in [2.75, 3.05) is 27.2 Å². The van der Waals surface area contributed by atoms with Crippen LogP contribution in [0.25, 0.3) is 0 Å². The number of hydrogen-bond donors (Lipinski definition) is 0. The molecule has 4 nitrogen and oxygen atoms in total. The van der Waals surface area contributed by atoms with E-state index in [9.17, 15) is 4.79 Å². The number of nitrogens with zero attached hydrogens (tertiary/aromatic N) is 3. The van der Waals surface area contributed by atoms with Crippen molar-refractivity contribution >= 4 is 5.91 Å². The fourth-order valence-corrected chi connectivity index (χ4v) is 0.859. The lowest BCUT2D eigenvalue weighted by Crippen LogP contribution is -2.39. The summed E-state index contributed by atoms with van der Waals surface area (Å²) in [5, 5.41) is 8.37. The van der Waals surface area contributed by atoms with Crippen molar-refractivity contribution in [2.24, 2.45) is 0 Å². The number of likely N-dealkylation sites (N-methyl/N-ethyl adjacent to an activating group) is 2. The molecular formula is C10H19N3O. The molecule has 0 aromatic carbocycles. The zero-order valence-electron chi connectivity index (χ0n) is 9.45. The molecule has 0 unspecified atom stereocenters. The molecule has 0 bridgehead atoms. The van der Waals surface area contributed by atoms with Crippen LogP contribution in [0.1, 0.15) is 20.3 Å². The SMILES string of the molecule is CC(C)N(C)CC(=O)N(C)CCC#N. The Balaban J connectivity index is 3.90. The highest BCUT2D eigenvalue weighted by Gasteiger charge is 2.12. The number of amides is 1. The maximum Gasteiger partial charge on any atom is 0.236 e. The normalized spacial score (nSPS) is 10.4. The van der Waals surface area contributed by atoms with E-state index in [0.29, 0.717) is 25.6 Å². The second kappa shape index (κ2) is 6.39. The van der Waals surface area contributed by atoms with Crippen LogP contribution in [0.5, 0.6) is 0 Å². The molecule has 0 atom stereocenters. The summed E-state index contributed by atoms with van der Waals surface area (Å²) in [5.41, 5.74) is 0. The monoisotopic (exact) mass is 197 g/mol. The van der Waals surface area contributed by atoms with Gasteiger partial charge in [-0.25, -0.2) is 0 Å². The van der Waals surface area contributed by atoms with Gasteiger partial charge in [-0.15, -0.1) is 0 Å². The maximum absolute atomic E-state index is 11.5. The Morgan fingerprint density at radius 1 is 1.43 bits per heavy atom. The van der Waals surface area contributed by atoms with Crippen LogP contribution >= 0.6 is 0 Å². The van der Waals surface area contributed by atoms with Crippen LogP contribution in [0.15, 0.2) is 0 Å². The zero-order chi connectivity index (χ0) is 11.1. The summed E-state index contributed by atoms with van der Waals surface area (Å²) < 4.78 is 0. The van der Waals surface area contributed by atoms with Crippen molar-refractivity contribution in [3.05, 3.63) is 0 Å². The third kappa shape index (κ3) is 4.83. The summed E-state index contributed by atoms with van der Waals surface area (Å²) in [6, 6.07) is 2.39. The zero-order valence-corrected chi connectivity index (χ0v) is 9.45. The van der Waals surface area contributed by atoms with Gasteiger partial charge < -0.3 is 4.90 Å². The Kier molecular flexibility index (Phi) is 5.89. The highest BCUT2D eigenvalue weighted by atomic mass is 16.2. The molecule has 4 heteroatoms. The molecular weight excluding hydrogens is 178 g/mol. The molecule has 0 saturated heterocycles. The van der Waals surface area contributed by atoms with Gasteiger partial charge in [-0.3, -0.25) is 9.69 Å². The van der Waals surface area contributed by atoms with Gasteiger partial charge in [0.05, 0.1) is 19.0 Å². The fourth-order valence-electron chi connectivity index (χ4n) is 0.859. The molecule has 0 rings (SSSR count). The first-order valence-electron chi connectivity index (χ1n) is 4.80. The van der Waals surface area contributed by atoms with Crippen molar-refractivity contribution in [1.29, 1.82) is 5.26 Å². The Morgan fingerprint density at radius 2 is 2.00 bits per heavy atom. The molecule has 0 aromatic rings. The van der Waals surface area contributed by atoms with Gasteiger partial charge in [0, 0.05) is 19.6 Å². The van der Waals surface area contributed by atoms with E-state index < -0.39 is 0 Å². The average molecular weight is 197 g/mol. The first-order valence-corrected chi connectivity index (χ1v) is 4.80. The third-order valence-corrected chi connectivity index (χ3v) is 2.25. The molecule has 0 heterocycles. The molecule has 80 valence electrons. The summed E-state index contributed by atoms with van der Waals surface area (Å²) >= 11 is 0. The fraction of sp³-hybridized carbons (Fsp3) is 0.800. The molecule has 0 radical (unpaired) electrons. The number of hydrogen-bond acceptors (Lipinski definition) is 3. The second-order valence-electron chi connectivity index (χ2n) is 3.73. The van der Waals surface area contributed by atoms with Crippen LogP contribution in [0, 0.1) is 11.3 Å². The van der Waals surface area contributed by atoms with Gasteiger partial charge in [-0.05, 0) is 20.9 Å². The smallest absolute Gasteiger partial charge is 0.236 e. The van der Waals surface area contributed by atoms with E-state index in [1.807, 2.05) is 31.9 Å². The number of rotatable bonds is 5. The summed E-state index contributed by atoms with van der Waals surface area (Å²) in [6.45, 7) is 5.02. The van der Waals surface area contributed by atoms with Gasteiger partial charge >= 0.3 is 0 Å². The van der Waals surface area contributed by atoms with E-state index in [-0.39, 0.29) is 5.91 Å². The van der Waals surface area contributed by atoms with Crippen LogP contribution in [-0.2, 0) is 4.79 Å². The van der Waals surface area contributed by atoms with Crippen molar-refractivity contribution in [3.8, 4) is 6.07 Å². The van der Waals surface area contributed by atoms with E-state index >= 15 is 0 Å². The standard InChI is InChI=1S/C10H19N3O/c1-9(2)13(4)8-10(14)12(3)7-5-6-11/h9H,5,7-8H2,1-4H3. The van der Waals surface area contributed by atoms with Crippen LogP contribution in [0.2, 0.25) is 0 Å². The minimum absolute atomic E-state index is 0.0662. The highest BCUT2D eigenvalue weighted by Crippen LogP contribution is 1.96. The molecule has 0 aliphatic carbocycles. The topological polar surface area (TPSA) is 47.3 Å². The summed E-state index contributed by atoms with van der Waals surface area (Å²) in [6.07, 6.45) is 0.396. The molecule has 0 aromatic heterocycles. The van der Waals surface area contributed by atoms with Crippen molar-refractivity contribution in [3.63, 3.8) is 0 Å². The largest absolute Gasteiger partial charge is 0.344 e. The van der Waals surface area contributed by atoms with E-state index in [2.05, 4.69) is 0 Å². The number of nitriles is 1. The van der Waals surface area contributed by atoms with Crippen LogP contribution < -0.4 is 0 Å². The lowest BCUT2D eigenvalue weighted by molar-refractivity contribution is -0.131. The number of carbonyl (C=O) groups excluding carboxylic acids is 1. The molecule has 0 N–H and O–H groups in total. The molecule has 14 heavy (non-hydrogen) atoms. The van der Waals surface area contributed by atoms with E-state index in [1.165, 1.54) is 0 Å². The first kappa shape index (κ1) is 12.9. The van der Waals surface area contributed by atoms with Gasteiger partial charge in [-0.2, -0.15) is 5.26 Å². The molecule has 0 saturated carbocycles. The van der Waals surface area contributed by atoms with Gasteiger partial charge in [0.25, 0.3) is 0 Å². The lowest BCUT2D eigenvalue weighted by Gasteiger charge is -2.23. The molecule has 1 amide bonds. The summed E-state index contributed by atoms with van der Waals surface area (Å²) in [7, 11) is 3.65. The van der Waals surface area contributed by atoms with E-state index in [1.54, 1.807) is 11.9 Å². The number of carbonyl (C=O) groups is 1. The summed E-state index contributed by atoms with van der Waals surface area (Å²) in [4.78, 5) is 15.1. The molecule has 0 aliphatic heterocycles. The van der Waals surface area contributed by atoms with Gasteiger partial charge in [-0.1, -0.05) is 0 Å². The second-order valence-corrected chi connectivity index (χ2v) is 3.73. The quantitative estimate of drug-likeness (QED) is 0.651. The third-order valence-electron chi connectivity index (χ3n) is 2.25. The van der Waals surface area contributed by atoms with Gasteiger partial charge in [0.1, 0.15) is 0 Å².